The molecule has 41 heavy (non-hydrogen) atoms. The van der Waals surface area contributed by atoms with E-state index in [1.807, 2.05) is 32.9 Å². The molecule has 216 valence electrons. The van der Waals surface area contributed by atoms with E-state index in [1.165, 1.54) is 32.0 Å². The molecule has 3 rings (SSSR count). The number of carbonyl (C=O) groups excluding carboxylic acids is 2. The first-order valence-corrected chi connectivity index (χ1v) is 13.1. The third kappa shape index (κ3) is 7.18. The highest BCUT2D eigenvalue weighted by Gasteiger charge is 2.29. The Kier molecular flexibility index (Phi) is 10.0. The van der Waals surface area contributed by atoms with Crippen LogP contribution in [0.4, 0.5) is 14.5 Å². The van der Waals surface area contributed by atoms with Crippen molar-refractivity contribution in [3.05, 3.63) is 99.9 Å². The lowest BCUT2D eigenvalue weighted by atomic mass is 9.91. The normalized spacial score (nSPS) is 12.1. The van der Waals surface area contributed by atoms with Crippen LogP contribution in [0.3, 0.4) is 0 Å². The number of rotatable bonds is 10. The van der Waals surface area contributed by atoms with Gasteiger partial charge in [0, 0.05) is 34.5 Å². The second-order valence-corrected chi connectivity index (χ2v) is 9.60. The van der Waals surface area contributed by atoms with Gasteiger partial charge in [-0.25, -0.2) is 8.78 Å². The molecule has 0 aliphatic heterocycles. The minimum atomic E-state index is -3.05. The van der Waals surface area contributed by atoms with E-state index >= 15 is 0 Å². The minimum Gasteiger partial charge on any atom is -0.496 e. The molecule has 0 heterocycles. The Hall–Kier alpha value is -4.50. The molecule has 0 aromatic heterocycles. The molecule has 2 amide bonds. The fourth-order valence-electron chi connectivity index (χ4n) is 4.59. The van der Waals surface area contributed by atoms with Crippen LogP contribution in [0.1, 0.15) is 59.8 Å². The van der Waals surface area contributed by atoms with E-state index in [2.05, 4.69) is 22.8 Å². The van der Waals surface area contributed by atoms with E-state index in [0.29, 0.717) is 11.3 Å². The smallest absolute Gasteiger partial charge is 0.275 e. The van der Waals surface area contributed by atoms with Crippen molar-refractivity contribution in [2.45, 2.75) is 47.0 Å². The number of allylic oxidation sites excluding steroid dienone is 2. The maximum atomic E-state index is 14.1. The van der Waals surface area contributed by atoms with Crippen molar-refractivity contribution in [1.29, 1.82) is 0 Å². The Labute approximate surface area is 238 Å². The number of anilines is 1. The van der Waals surface area contributed by atoms with Gasteiger partial charge < -0.3 is 15.4 Å². The highest BCUT2D eigenvalue weighted by atomic mass is 19.3. The van der Waals surface area contributed by atoms with Gasteiger partial charge in [0.25, 0.3) is 17.7 Å². The molecule has 0 fully saturated rings. The van der Waals surface area contributed by atoms with Crippen molar-refractivity contribution in [2.24, 2.45) is 0 Å². The van der Waals surface area contributed by atoms with Crippen LogP contribution in [0.15, 0.2) is 72.1 Å². The fourth-order valence-corrected chi connectivity index (χ4v) is 4.59. The van der Waals surface area contributed by atoms with Gasteiger partial charge in [0.05, 0.1) is 7.11 Å². The summed E-state index contributed by atoms with van der Waals surface area (Å²) in [5.74, 6) is -3.82. The van der Waals surface area contributed by atoms with Crippen molar-refractivity contribution in [1.82, 2.24) is 10.8 Å². The summed E-state index contributed by atoms with van der Waals surface area (Å²) in [4.78, 5) is 26.1. The first-order valence-electron chi connectivity index (χ1n) is 13.1. The lowest BCUT2D eigenvalue weighted by Crippen LogP contribution is -2.31. The van der Waals surface area contributed by atoms with Gasteiger partial charge in [0.1, 0.15) is 11.4 Å². The number of halogens is 2. The van der Waals surface area contributed by atoms with Crippen LogP contribution in [0.2, 0.25) is 0 Å². The number of benzene rings is 3. The number of amides is 2. The molecule has 0 radical (unpaired) electrons. The lowest BCUT2D eigenvalue weighted by molar-refractivity contribution is -0.114. The predicted molar refractivity (Wildman–Crippen MR) is 157 cm³/mol. The van der Waals surface area contributed by atoms with Gasteiger partial charge >= 0.3 is 0 Å². The maximum Gasteiger partial charge on any atom is 0.275 e. The summed E-state index contributed by atoms with van der Waals surface area (Å²) in [6.07, 6.45) is 3.58. The van der Waals surface area contributed by atoms with Crippen LogP contribution < -0.4 is 20.9 Å². The molecule has 0 unspecified atom stereocenters. The predicted octanol–water partition coefficient (Wildman–Crippen LogP) is 7.09. The summed E-state index contributed by atoms with van der Waals surface area (Å²) >= 11 is 0. The fraction of sp³-hybridized carbons (Fsp3) is 0.250. The Bertz CT molecular complexity index is 1490. The maximum absolute atomic E-state index is 14.1. The van der Waals surface area contributed by atoms with Crippen LogP contribution in [0, 0.1) is 13.8 Å². The first-order chi connectivity index (χ1) is 19.4. The molecule has 0 saturated carbocycles. The van der Waals surface area contributed by atoms with Crippen molar-refractivity contribution >= 4 is 23.6 Å². The molecular formula is C32H35F2N3O4. The zero-order chi connectivity index (χ0) is 30.3. The number of aryl methyl sites for hydroxylation is 2. The Balaban J connectivity index is 1.90. The lowest BCUT2D eigenvalue weighted by Gasteiger charge is -2.17. The van der Waals surface area contributed by atoms with Crippen LogP contribution in [0.5, 0.6) is 5.75 Å². The SMILES string of the molecule is C/C=C\c1cc(C)c(-c2cc(C(=O)N/C(C)=C(\NO)C(=O)Nc3cccc(C(F)(F)CC)c3)ccc2OC)c(C)c1. The second kappa shape index (κ2) is 13.2. The number of hydroxylamine groups is 1. The molecule has 7 nitrogen and oxygen atoms in total. The molecule has 0 bridgehead atoms. The number of hydrogen-bond acceptors (Lipinski definition) is 5. The summed E-state index contributed by atoms with van der Waals surface area (Å²) in [5, 5.41) is 14.8. The van der Waals surface area contributed by atoms with E-state index in [0.717, 1.165) is 33.9 Å². The third-order valence-corrected chi connectivity index (χ3v) is 6.65. The summed E-state index contributed by atoms with van der Waals surface area (Å²) in [6, 6.07) is 14.4. The molecule has 4 N–H and O–H groups in total. The Morgan fingerprint density at radius 2 is 1.73 bits per heavy atom. The summed E-state index contributed by atoms with van der Waals surface area (Å²) in [7, 11) is 1.56. The van der Waals surface area contributed by atoms with Crippen molar-refractivity contribution in [3.8, 4) is 16.9 Å². The Morgan fingerprint density at radius 1 is 1.05 bits per heavy atom. The van der Waals surface area contributed by atoms with Crippen LogP contribution in [-0.2, 0) is 10.7 Å². The van der Waals surface area contributed by atoms with Crippen molar-refractivity contribution < 1.29 is 28.3 Å². The average molecular weight is 564 g/mol. The van der Waals surface area contributed by atoms with E-state index in [9.17, 15) is 23.6 Å². The number of carbonyl (C=O) groups is 2. The second-order valence-electron chi connectivity index (χ2n) is 9.60. The highest BCUT2D eigenvalue weighted by molar-refractivity contribution is 6.05. The molecule has 9 heteroatoms. The topological polar surface area (TPSA) is 99.7 Å². The van der Waals surface area contributed by atoms with Crippen molar-refractivity contribution in [3.63, 3.8) is 0 Å². The van der Waals surface area contributed by atoms with Gasteiger partial charge in [-0.2, -0.15) is 0 Å². The molecular weight excluding hydrogens is 528 g/mol. The monoisotopic (exact) mass is 563 g/mol. The number of methoxy groups -OCH3 is 1. The van der Waals surface area contributed by atoms with Gasteiger partial charge in [-0.1, -0.05) is 43.3 Å². The first kappa shape index (κ1) is 31.0. The number of nitrogens with one attached hydrogen (secondary N) is 3. The van der Waals surface area contributed by atoms with E-state index in [-0.39, 0.29) is 22.6 Å². The van der Waals surface area contributed by atoms with E-state index in [1.54, 1.807) is 30.8 Å². The van der Waals surface area contributed by atoms with Gasteiger partial charge in [-0.3, -0.25) is 20.3 Å². The molecule has 0 aliphatic carbocycles. The average Bonchev–Trinajstić information content (AvgIpc) is 2.93. The van der Waals surface area contributed by atoms with Crippen LogP contribution >= 0.6 is 0 Å². The van der Waals surface area contributed by atoms with Gasteiger partial charge in [0.2, 0.25) is 0 Å². The zero-order valence-electron chi connectivity index (χ0n) is 24.0. The molecule has 0 aliphatic rings. The highest BCUT2D eigenvalue weighted by Crippen LogP contribution is 2.36. The number of alkyl halides is 2. The standard InChI is InChI=1S/C32H35F2N3O4/c1-7-10-22-15-19(3)28(20(4)16-22)26-17-23(13-14-27(26)41-6)30(38)35-21(5)29(37-40)31(39)36-25-12-9-11-24(18-25)32(33,34)8-2/h7,9-18,37,40H,8H2,1-6H3,(H,35,38)(H,36,39)/b10-7-,29-21-. The van der Waals surface area contributed by atoms with Crippen LogP contribution in [0.25, 0.3) is 17.2 Å². The number of hydrogen-bond donors (Lipinski definition) is 4. The Morgan fingerprint density at radius 3 is 2.32 bits per heavy atom. The van der Waals surface area contributed by atoms with Gasteiger partial charge in [-0.15, -0.1) is 0 Å². The zero-order valence-corrected chi connectivity index (χ0v) is 24.0. The third-order valence-electron chi connectivity index (χ3n) is 6.65. The largest absolute Gasteiger partial charge is 0.496 e. The van der Waals surface area contributed by atoms with Crippen molar-refractivity contribution in [2.75, 3.05) is 12.4 Å². The van der Waals surface area contributed by atoms with Gasteiger partial charge in [-0.05, 0) is 80.3 Å². The van der Waals surface area contributed by atoms with Crippen LogP contribution in [-0.4, -0.2) is 24.1 Å². The van der Waals surface area contributed by atoms with E-state index in [4.69, 9.17) is 4.74 Å². The minimum absolute atomic E-state index is 0.0190. The van der Waals surface area contributed by atoms with Gasteiger partial charge in [0.15, 0.2) is 0 Å². The summed E-state index contributed by atoms with van der Waals surface area (Å²) < 4.78 is 33.8. The molecule has 3 aromatic carbocycles. The molecule has 3 aromatic rings. The molecule has 0 spiro atoms. The number of ether oxygens (including phenoxy) is 1. The summed E-state index contributed by atoms with van der Waals surface area (Å²) in [5.41, 5.74) is 6.36. The van der Waals surface area contributed by atoms with E-state index < -0.39 is 24.2 Å². The quantitative estimate of drug-likeness (QED) is 0.156. The molecule has 0 atom stereocenters. The molecule has 0 saturated heterocycles. The summed E-state index contributed by atoms with van der Waals surface area (Å²) in [6.45, 7) is 8.73.